The Bertz CT molecular complexity index is 760. The normalized spacial score (nSPS) is 35.2. The molecule has 0 spiro atoms. The van der Waals surface area contributed by atoms with Crippen molar-refractivity contribution < 1.29 is 25.9 Å². The standard InChI is InChI=1S/C16H24O6S2/c1-11-3-5-13(15(9-11)23(17,18)19)7-8-14-6-4-12(2)10-16(14)24(20,21)22/h3-5,7-8,11,13-16H,6,9-10H2,1-2H3,(H,17,18,19)(H,20,21,22)/b8-7+. The Labute approximate surface area is 143 Å². The SMILES string of the molecule is CC1=CCC(/C=C/C2C=CC(C)CC2S(=O)(=O)O)C(S(=O)(=O)O)C1. The van der Waals surface area contributed by atoms with Gasteiger partial charge in [0.15, 0.2) is 0 Å². The first-order valence-electron chi connectivity index (χ1n) is 7.93. The lowest BCUT2D eigenvalue weighted by molar-refractivity contribution is 0.424. The van der Waals surface area contributed by atoms with Gasteiger partial charge in [-0.15, -0.1) is 0 Å². The molecular formula is C16H24O6S2. The van der Waals surface area contributed by atoms with E-state index in [1.807, 2.05) is 26.0 Å². The molecule has 2 aliphatic carbocycles. The molecule has 8 heteroatoms. The van der Waals surface area contributed by atoms with E-state index in [1.165, 1.54) is 0 Å². The highest BCUT2D eigenvalue weighted by molar-refractivity contribution is 7.86. The molecule has 5 atom stereocenters. The van der Waals surface area contributed by atoms with Crippen molar-refractivity contribution in [2.75, 3.05) is 0 Å². The third kappa shape index (κ3) is 4.78. The molecule has 0 aromatic heterocycles. The van der Waals surface area contributed by atoms with Crippen LogP contribution in [0.15, 0.2) is 36.0 Å². The summed E-state index contributed by atoms with van der Waals surface area (Å²) in [4.78, 5) is 0. The maximum atomic E-state index is 11.6. The zero-order valence-electron chi connectivity index (χ0n) is 13.7. The van der Waals surface area contributed by atoms with Gasteiger partial charge in [-0.2, -0.15) is 16.8 Å². The van der Waals surface area contributed by atoms with E-state index in [1.54, 1.807) is 18.2 Å². The molecule has 0 amide bonds. The topological polar surface area (TPSA) is 109 Å². The summed E-state index contributed by atoms with van der Waals surface area (Å²) < 4.78 is 65.3. The first kappa shape index (κ1) is 19.4. The van der Waals surface area contributed by atoms with E-state index in [0.717, 1.165) is 5.57 Å². The van der Waals surface area contributed by atoms with Crippen LogP contribution in [-0.2, 0) is 20.2 Å². The van der Waals surface area contributed by atoms with Crippen LogP contribution in [0.25, 0.3) is 0 Å². The van der Waals surface area contributed by atoms with Crippen molar-refractivity contribution in [1.82, 2.24) is 0 Å². The number of hydrogen-bond donors (Lipinski definition) is 2. The van der Waals surface area contributed by atoms with Crippen molar-refractivity contribution in [3.8, 4) is 0 Å². The van der Waals surface area contributed by atoms with Crippen molar-refractivity contribution in [3.63, 3.8) is 0 Å². The van der Waals surface area contributed by atoms with Gasteiger partial charge >= 0.3 is 0 Å². The largest absolute Gasteiger partial charge is 0.285 e. The minimum Gasteiger partial charge on any atom is -0.285 e. The van der Waals surface area contributed by atoms with Gasteiger partial charge in [-0.1, -0.05) is 42.9 Å². The van der Waals surface area contributed by atoms with Crippen LogP contribution >= 0.6 is 0 Å². The molecule has 0 radical (unpaired) electrons. The third-order valence-electron chi connectivity index (χ3n) is 4.78. The average Bonchev–Trinajstić information content (AvgIpc) is 2.45. The average molecular weight is 376 g/mol. The van der Waals surface area contributed by atoms with Crippen molar-refractivity contribution in [2.45, 2.75) is 43.6 Å². The van der Waals surface area contributed by atoms with Crippen LogP contribution in [0.5, 0.6) is 0 Å². The van der Waals surface area contributed by atoms with E-state index in [0.29, 0.717) is 12.8 Å². The maximum absolute atomic E-state index is 11.6. The van der Waals surface area contributed by atoms with Gasteiger partial charge in [0.25, 0.3) is 20.2 Å². The van der Waals surface area contributed by atoms with E-state index in [2.05, 4.69) is 0 Å². The molecule has 24 heavy (non-hydrogen) atoms. The van der Waals surface area contributed by atoms with Gasteiger partial charge in [0.2, 0.25) is 0 Å². The van der Waals surface area contributed by atoms with Crippen molar-refractivity contribution in [3.05, 3.63) is 36.0 Å². The Balaban J connectivity index is 2.26. The fourth-order valence-corrected chi connectivity index (χ4v) is 5.64. The molecule has 0 aromatic carbocycles. The molecule has 0 heterocycles. The lowest BCUT2D eigenvalue weighted by Gasteiger charge is -2.28. The number of allylic oxidation sites excluding steroid dienone is 6. The lowest BCUT2D eigenvalue weighted by atomic mass is 9.85. The van der Waals surface area contributed by atoms with Crippen LogP contribution in [0.2, 0.25) is 0 Å². The van der Waals surface area contributed by atoms with Gasteiger partial charge in [0.1, 0.15) is 0 Å². The zero-order chi connectivity index (χ0) is 18.1. The van der Waals surface area contributed by atoms with Crippen LogP contribution in [0, 0.1) is 17.8 Å². The van der Waals surface area contributed by atoms with E-state index in [-0.39, 0.29) is 12.3 Å². The molecule has 0 aliphatic heterocycles. The summed E-state index contributed by atoms with van der Waals surface area (Å²) in [5.41, 5.74) is 0.907. The molecule has 0 bridgehead atoms. The summed E-state index contributed by atoms with van der Waals surface area (Å²) in [6.45, 7) is 3.69. The molecule has 2 aliphatic rings. The van der Waals surface area contributed by atoms with Crippen LogP contribution in [0.1, 0.15) is 33.1 Å². The van der Waals surface area contributed by atoms with Crippen LogP contribution < -0.4 is 0 Å². The Hall–Kier alpha value is -0.960. The number of hydrogen-bond acceptors (Lipinski definition) is 4. The molecule has 5 unspecified atom stereocenters. The van der Waals surface area contributed by atoms with Gasteiger partial charge < -0.3 is 0 Å². The molecule has 136 valence electrons. The van der Waals surface area contributed by atoms with Gasteiger partial charge in [-0.05, 0) is 38.0 Å². The predicted octanol–water partition coefficient (Wildman–Crippen LogP) is 2.62. The zero-order valence-corrected chi connectivity index (χ0v) is 15.4. The van der Waals surface area contributed by atoms with E-state index < -0.39 is 42.6 Å². The van der Waals surface area contributed by atoms with Gasteiger partial charge in [0, 0.05) is 5.92 Å². The smallest absolute Gasteiger partial charge is 0.268 e. The van der Waals surface area contributed by atoms with Crippen molar-refractivity contribution >= 4 is 20.2 Å². The number of rotatable bonds is 4. The summed E-state index contributed by atoms with van der Waals surface area (Å²) >= 11 is 0. The molecule has 0 saturated carbocycles. The molecular weight excluding hydrogens is 352 g/mol. The van der Waals surface area contributed by atoms with E-state index >= 15 is 0 Å². The molecule has 0 fully saturated rings. The molecule has 0 aromatic rings. The fourth-order valence-electron chi connectivity index (χ4n) is 3.39. The van der Waals surface area contributed by atoms with Gasteiger partial charge in [0.05, 0.1) is 10.5 Å². The third-order valence-corrected chi connectivity index (χ3v) is 7.33. The monoisotopic (exact) mass is 376 g/mol. The first-order valence-corrected chi connectivity index (χ1v) is 10.9. The minimum atomic E-state index is -4.19. The molecule has 6 nitrogen and oxygen atoms in total. The fraction of sp³-hybridized carbons (Fsp3) is 0.625. The Morgan fingerprint density at radius 2 is 1.67 bits per heavy atom. The first-order chi connectivity index (χ1) is 11.0. The highest BCUT2D eigenvalue weighted by atomic mass is 32.2. The second kappa shape index (κ2) is 7.11. The van der Waals surface area contributed by atoms with Gasteiger partial charge in [-0.3, -0.25) is 9.11 Å². The minimum absolute atomic E-state index is 0.0485. The highest BCUT2D eigenvalue weighted by Crippen LogP contribution is 2.32. The molecule has 2 N–H and O–H groups in total. The summed E-state index contributed by atoms with van der Waals surface area (Å²) in [5.74, 6) is -0.879. The van der Waals surface area contributed by atoms with Crippen LogP contribution in [0.4, 0.5) is 0 Å². The molecule has 0 saturated heterocycles. The maximum Gasteiger partial charge on any atom is 0.268 e. The quantitative estimate of drug-likeness (QED) is 0.577. The van der Waals surface area contributed by atoms with Crippen LogP contribution in [0.3, 0.4) is 0 Å². The van der Waals surface area contributed by atoms with Gasteiger partial charge in [-0.25, -0.2) is 0 Å². The second-order valence-corrected chi connectivity index (χ2v) is 10.1. The molecule has 2 rings (SSSR count). The van der Waals surface area contributed by atoms with Crippen molar-refractivity contribution in [2.24, 2.45) is 17.8 Å². The predicted molar refractivity (Wildman–Crippen MR) is 92.7 cm³/mol. The highest BCUT2D eigenvalue weighted by Gasteiger charge is 2.35. The van der Waals surface area contributed by atoms with Crippen LogP contribution in [-0.4, -0.2) is 36.4 Å². The van der Waals surface area contributed by atoms with Crippen molar-refractivity contribution in [1.29, 1.82) is 0 Å². The summed E-state index contributed by atoms with van der Waals surface area (Å²) in [7, 11) is -8.38. The second-order valence-electron chi connectivity index (χ2n) is 6.82. The lowest BCUT2D eigenvalue weighted by Crippen LogP contribution is -2.33. The summed E-state index contributed by atoms with van der Waals surface area (Å²) in [6, 6.07) is 0. The Kier molecular flexibility index (Phi) is 5.74. The Morgan fingerprint density at radius 3 is 2.25 bits per heavy atom. The van der Waals surface area contributed by atoms with E-state index in [4.69, 9.17) is 0 Å². The summed E-state index contributed by atoms with van der Waals surface area (Å²) in [6.07, 6.45) is 9.88. The Morgan fingerprint density at radius 1 is 1.04 bits per heavy atom. The summed E-state index contributed by atoms with van der Waals surface area (Å²) in [5, 5.41) is -1.85. The van der Waals surface area contributed by atoms with E-state index in [9.17, 15) is 25.9 Å².